The zero-order valence-corrected chi connectivity index (χ0v) is 18.1. The van der Waals surface area contributed by atoms with Crippen LogP contribution in [0.4, 0.5) is 4.79 Å². The summed E-state index contributed by atoms with van der Waals surface area (Å²) in [6.07, 6.45) is -0.285. The van der Waals surface area contributed by atoms with E-state index in [1.165, 1.54) is 15.9 Å². The fraction of sp³-hybridized carbons (Fsp3) is 0.450. The molecule has 0 radical (unpaired) electrons. The van der Waals surface area contributed by atoms with Gasteiger partial charge in [-0.1, -0.05) is 23.5 Å². The fourth-order valence-electron chi connectivity index (χ4n) is 3.74. The Morgan fingerprint density at radius 1 is 1.30 bits per heavy atom. The number of rotatable bonds is 5. The number of carbonyl (C=O) groups excluding carboxylic acids is 1. The molecule has 9 nitrogen and oxygen atoms in total. The molecule has 0 aliphatic carbocycles. The molecule has 3 aromatic rings. The first-order chi connectivity index (χ1) is 14.5. The summed E-state index contributed by atoms with van der Waals surface area (Å²) >= 11 is 1.42. The number of ether oxygens (including phenoxy) is 2. The molecule has 3 heterocycles. The monoisotopic (exact) mass is 431 g/mol. The summed E-state index contributed by atoms with van der Waals surface area (Å²) in [5.74, 6) is 1.46. The van der Waals surface area contributed by atoms with Crippen LogP contribution in [0, 0.1) is 6.92 Å². The summed E-state index contributed by atoms with van der Waals surface area (Å²) in [5, 5.41) is 15.2. The number of benzene rings is 1. The maximum Gasteiger partial charge on any atom is 0.409 e. The van der Waals surface area contributed by atoms with Crippen molar-refractivity contribution in [3.05, 3.63) is 40.5 Å². The minimum Gasteiger partial charge on any atom is -0.497 e. The van der Waals surface area contributed by atoms with Gasteiger partial charge < -0.3 is 19.5 Å². The lowest BCUT2D eigenvalue weighted by Crippen LogP contribution is -2.49. The predicted octanol–water partition coefficient (Wildman–Crippen LogP) is 2.68. The standard InChI is InChI=1S/C20H25N5O4S/c1-4-29-20(27)24-10-8-23(9-11-24)16(14-6-5-7-15(12-14)28-3)17-18(26)25-19(30-17)21-13(2)22-25/h5-7,12,16,26H,4,8-11H2,1-3H3/t16-/m0/s1. The summed E-state index contributed by atoms with van der Waals surface area (Å²) in [7, 11) is 1.63. The molecule has 1 saturated heterocycles. The molecule has 1 N–H and O–H groups in total. The van der Waals surface area contributed by atoms with E-state index in [1.807, 2.05) is 24.3 Å². The van der Waals surface area contributed by atoms with Gasteiger partial charge in [-0.2, -0.15) is 4.52 Å². The second-order valence-corrected chi connectivity index (χ2v) is 8.05. The zero-order valence-electron chi connectivity index (χ0n) is 17.2. The lowest BCUT2D eigenvalue weighted by atomic mass is 10.0. The van der Waals surface area contributed by atoms with E-state index in [0.29, 0.717) is 43.6 Å². The maximum absolute atomic E-state index is 12.1. The van der Waals surface area contributed by atoms with Crippen molar-refractivity contribution in [2.45, 2.75) is 19.9 Å². The molecule has 0 saturated carbocycles. The molecule has 1 aromatic carbocycles. The van der Waals surface area contributed by atoms with Gasteiger partial charge in [0.1, 0.15) is 11.6 Å². The van der Waals surface area contributed by atoms with Crippen molar-refractivity contribution in [1.82, 2.24) is 24.4 Å². The van der Waals surface area contributed by atoms with E-state index in [0.717, 1.165) is 16.2 Å². The Morgan fingerprint density at radius 3 is 2.73 bits per heavy atom. The average molecular weight is 432 g/mol. The summed E-state index contributed by atoms with van der Waals surface area (Å²) in [6.45, 7) is 6.37. The number of methoxy groups -OCH3 is 1. The summed E-state index contributed by atoms with van der Waals surface area (Å²) < 4.78 is 12.0. The molecule has 10 heteroatoms. The highest BCUT2D eigenvalue weighted by Gasteiger charge is 2.33. The largest absolute Gasteiger partial charge is 0.497 e. The number of hydrogen-bond acceptors (Lipinski definition) is 8. The molecule has 160 valence electrons. The molecule has 4 rings (SSSR count). The summed E-state index contributed by atoms with van der Waals surface area (Å²) in [6, 6.07) is 7.62. The van der Waals surface area contributed by atoms with E-state index < -0.39 is 0 Å². The van der Waals surface area contributed by atoms with Gasteiger partial charge in [-0.3, -0.25) is 4.90 Å². The molecular weight excluding hydrogens is 406 g/mol. The molecule has 1 fully saturated rings. The van der Waals surface area contributed by atoms with Crippen molar-refractivity contribution in [2.75, 3.05) is 39.9 Å². The van der Waals surface area contributed by atoms with Crippen LogP contribution in [-0.2, 0) is 4.74 Å². The van der Waals surface area contributed by atoms with Gasteiger partial charge in [-0.25, -0.2) is 9.78 Å². The summed E-state index contributed by atoms with van der Waals surface area (Å²) in [4.78, 5) is 21.9. The third-order valence-electron chi connectivity index (χ3n) is 5.17. The van der Waals surface area contributed by atoms with E-state index in [-0.39, 0.29) is 18.0 Å². The smallest absolute Gasteiger partial charge is 0.409 e. The highest BCUT2D eigenvalue weighted by Crippen LogP contribution is 2.40. The number of thiazole rings is 1. The lowest BCUT2D eigenvalue weighted by Gasteiger charge is -2.38. The molecule has 2 aromatic heterocycles. The van der Waals surface area contributed by atoms with Gasteiger partial charge in [0.25, 0.3) is 0 Å². The quantitative estimate of drug-likeness (QED) is 0.664. The Labute approximate surface area is 178 Å². The van der Waals surface area contributed by atoms with Crippen molar-refractivity contribution < 1.29 is 19.4 Å². The van der Waals surface area contributed by atoms with E-state index in [2.05, 4.69) is 15.0 Å². The first kappa shape index (κ1) is 20.4. The van der Waals surface area contributed by atoms with Gasteiger partial charge in [0, 0.05) is 26.2 Å². The number of hydrogen-bond donors (Lipinski definition) is 1. The molecule has 1 atom stereocenters. The molecule has 0 spiro atoms. The third-order valence-corrected chi connectivity index (χ3v) is 6.24. The molecule has 1 aliphatic heterocycles. The van der Waals surface area contributed by atoms with Gasteiger partial charge in [-0.15, -0.1) is 5.10 Å². The summed E-state index contributed by atoms with van der Waals surface area (Å²) in [5.41, 5.74) is 0.996. The molecule has 1 aliphatic rings. The van der Waals surface area contributed by atoms with Crippen molar-refractivity contribution in [3.63, 3.8) is 0 Å². The molecular formula is C20H25N5O4S. The van der Waals surface area contributed by atoms with Crippen LogP contribution in [0.2, 0.25) is 0 Å². The number of fused-ring (bicyclic) bond motifs is 1. The Bertz CT molecular complexity index is 1040. The highest BCUT2D eigenvalue weighted by molar-refractivity contribution is 7.17. The Hall–Kier alpha value is -2.85. The van der Waals surface area contributed by atoms with Gasteiger partial charge >= 0.3 is 6.09 Å². The molecule has 0 unspecified atom stereocenters. The van der Waals surface area contributed by atoms with Crippen LogP contribution in [0.5, 0.6) is 11.6 Å². The predicted molar refractivity (Wildman–Crippen MR) is 112 cm³/mol. The number of piperazine rings is 1. The van der Waals surface area contributed by atoms with Gasteiger partial charge in [0.15, 0.2) is 0 Å². The van der Waals surface area contributed by atoms with Crippen molar-refractivity contribution >= 4 is 22.4 Å². The van der Waals surface area contributed by atoms with Crippen LogP contribution in [0.15, 0.2) is 24.3 Å². The van der Waals surface area contributed by atoms with Crippen LogP contribution in [0.1, 0.15) is 29.2 Å². The Kier molecular flexibility index (Phi) is 5.78. The average Bonchev–Trinajstić information content (AvgIpc) is 3.26. The number of carbonyl (C=O) groups is 1. The van der Waals surface area contributed by atoms with Crippen molar-refractivity contribution in [1.29, 1.82) is 0 Å². The van der Waals surface area contributed by atoms with Crippen molar-refractivity contribution in [3.8, 4) is 11.6 Å². The minimum atomic E-state index is -0.285. The van der Waals surface area contributed by atoms with E-state index in [9.17, 15) is 9.90 Å². The zero-order chi connectivity index (χ0) is 21.3. The molecule has 0 bridgehead atoms. The third kappa shape index (κ3) is 3.80. The van der Waals surface area contributed by atoms with Crippen molar-refractivity contribution in [2.24, 2.45) is 0 Å². The number of amides is 1. The Balaban J connectivity index is 1.68. The van der Waals surface area contributed by atoms with E-state index >= 15 is 0 Å². The van der Waals surface area contributed by atoms with Crippen LogP contribution in [0.25, 0.3) is 4.96 Å². The van der Waals surface area contributed by atoms with Gasteiger partial charge in [0.05, 0.1) is 24.6 Å². The van der Waals surface area contributed by atoms with Crippen LogP contribution in [0.3, 0.4) is 0 Å². The number of nitrogens with zero attached hydrogens (tertiary/aromatic N) is 5. The van der Waals surface area contributed by atoms with Gasteiger partial charge in [-0.05, 0) is 31.5 Å². The topological polar surface area (TPSA) is 92.4 Å². The molecule has 1 amide bonds. The van der Waals surface area contributed by atoms with Crippen LogP contribution < -0.4 is 4.74 Å². The SMILES string of the molecule is CCOC(=O)N1CCN([C@@H](c2cccc(OC)c2)c2sc3nc(C)nn3c2O)CC1. The fourth-order valence-corrected chi connectivity index (χ4v) is 4.91. The van der Waals surface area contributed by atoms with E-state index in [4.69, 9.17) is 9.47 Å². The number of aromatic nitrogens is 3. The first-order valence-corrected chi connectivity index (χ1v) is 10.7. The van der Waals surface area contributed by atoms with Gasteiger partial charge in [0.2, 0.25) is 10.8 Å². The normalized spacial score (nSPS) is 16.0. The second kappa shape index (κ2) is 8.49. The van der Waals surface area contributed by atoms with Crippen LogP contribution in [-0.4, -0.2) is 75.5 Å². The first-order valence-electron chi connectivity index (χ1n) is 9.86. The minimum absolute atomic E-state index is 0.0937. The lowest BCUT2D eigenvalue weighted by molar-refractivity contribution is 0.0715. The Morgan fingerprint density at radius 2 is 2.07 bits per heavy atom. The highest BCUT2D eigenvalue weighted by atomic mass is 32.1. The van der Waals surface area contributed by atoms with E-state index in [1.54, 1.807) is 25.9 Å². The second-order valence-electron chi connectivity index (χ2n) is 7.04. The molecule has 30 heavy (non-hydrogen) atoms. The number of aromatic hydroxyl groups is 1. The van der Waals surface area contributed by atoms with Crippen LogP contribution >= 0.6 is 11.3 Å². The number of aryl methyl sites for hydroxylation is 1. The maximum atomic E-state index is 12.1.